The first-order valence-electron chi connectivity index (χ1n) is 9.47. The highest BCUT2D eigenvalue weighted by atomic mass is 32.2. The van der Waals surface area contributed by atoms with Gasteiger partial charge in [-0.2, -0.15) is 5.10 Å². The SMILES string of the molecule is Cc1cc(C)n(-c2ccc(SCC(=O)N[C@H]3CCCc4ccccc43)nn2)n1. The normalized spacial score (nSPS) is 15.9. The van der Waals surface area contributed by atoms with E-state index < -0.39 is 0 Å². The zero-order valence-corrected chi connectivity index (χ0v) is 16.9. The summed E-state index contributed by atoms with van der Waals surface area (Å²) in [4.78, 5) is 12.4. The van der Waals surface area contributed by atoms with Crippen LogP contribution in [0.15, 0.2) is 47.5 Å². The molecule has 1 amide bonds. The summed E-state index contributed by atoms with van der Waals surface area (Å²) in [6.07, 6.45) is 3.19. The smallest absolute Gasteiger partial charge is 0.230 e. The van der Waals surface area contributed by atoms with Crippen LogP contribution in [0.5, 0.6) is 0 Å². The van der Waals surface area contributed by atoms with E-state index in [0.29, 0.717) is 11.6 Å². The van der Waals surface area contributed by atoms with Crippen LogP contribution in [-0.2, 0) is 11.2 Å². The van der Waals surface area contributed by atoms with Crippen LogP contribution in [-0.4, -0.2) is 31.6 Å². The van der Waals surface area contributed by atoms with Crippen LogP contribution in [0.2, 0.25) is 0 Å². The number of hydrogen-bond acceptors (Lipinski definition) is 5. The number of hydrogen-bond donors (Lipinski definition) is 1. The minimum atomic E-state index is 0.0242. The average molecular weight is 394 g/mol. The molecular weight excluding hydrogens is 370 g/mol. The van der Waals surface area contributed by atoms with Gasteiger partial charge in [-0.05, 0) is 62.4 Å². The molecule has 0 fully saturated rings. The number of fused-ring (bicyclic) bond motifs is 1. The number of carbonyl (C=O) groups excluding carboxylic acids is 1. The number of amides is 1. The zero-order valence-electron chi connectivity index (χ0n) is 16.1. The molecule has 6 nitrogen and oxygen atoms in total. The number of aryl methyl sites for hydroxylation is 3. The molecule has 2 aromatic heterocycles. The molecular formula is C21H23N5OS. The number of aromatic nitrogens is 4. The second-order valence-electron chi connectivity index (χ2n) is 7.07. The van der Waals surface area contributed by atoms with Gasteiger partial charge in [0.05, 0.1) is 17.5 Å². The Morgan fingerprint density at radius 3 is 2.82 bits per heavy atom. The van der Waals surface area contributed by atoms with Crippen molar-refractivity contribution in [2.24, 2.45) is 0 Å². The Bertz CT molecular complexity index is 983. The first-order chi connectivity index (χ1) is 13.6. The molecule has 0 radical (unpaired) electrons. The van der Waals surface area contributed by atoms with E-state index in [1.807, 2.05) is 38.1 Å². The summed E-state index contributed by atoms with van der Waals surface area (Å²) in [6.45, 7) is 3.93. The van der Waals surface area contributed by atoms with E-state index in [2.05, 4.69) is 38.8 Å². The Morgan fingerprint density at radius 2 is 2.07 bits per heavy atom. The van der Waals surface area contributed by atoms with Crippen LogP contribution in [0, 0.1) is 13.8 Å². The quantitative estimate of drug-likeness (QED) is 0.671. The topological polar surface area (TPSA) is 72.7 Å². The zero-order chi connectivity index (χ0) is 19.5. The van der Waals surface area contributed by atoms with Crippen molar-refractivity contribution in [2.75, 3.05) is 5.75 Å². The third kappa shape index (κ3) is 4.09. The molecule has 0 saturated carbocycles. The Labute approximate surface area is 168 Å². The maximum Gasteiger partial charge on any atom is 0.230 e. The molecule has 2 heterocycles. The van der Waals surface area contributed by atoms with Crippen molar-refractivity contribution < 1.29 is 4.79 Å². The number of nitrogens with zero attached hydrogens (tertiary/aromatic N) is 4. The first kappa shape index (κ1) is 18.7. The molecule has 4 rings (SSSR count). The fraction of sp³-hybridized carbons (Fsp3) is 0.333. The fourth-order valence-corrected chi connectivity index (χ4v) is 4.27. The summed E-state index contributed by atoms with van der Waals surface area (Å²) in [6, 6.07) is 14.2. The Hall–Kier alpha value is -2.67. The molecule has 1 aliphatic rings. The lowest BCUT2D eigenvalue weighted by atomic mass is 9.88. The molecule has 0 bridgehead atoms. The van der Waals surface area contributed by atoms with Gasteiger partial charge in [0.2, 0.25) is 5.91 Å². The average Bonchev–Trinajstić information content (AvgIpc) is 3.05. The summed E-state index contributed by atoms with van der Waals surface area (Å²) in [5, 5.41) is 16.8. The summed E-state index contributed by atoms with van der Waals surface area (Å²) in [7, 11) is 0. The van der Waals surface area contributed by atoms with Crippen LogP contribution in [0.25, 0.3) is 5.82 Å². The maximum atomic E-state index is 12.4. The lowest BCUT2D eigenvalue weighted by Gasteiger charge is -2.26. The van der Waals surface area contributed by atoms with Crippen LogP contribution in [0.1, 0.15) is 41.4 Å². The van der Waals surface area contributed by atoms with E-state index in [4.69, 9.17) is 0 Å². The van der Waals surface area contributed by atoms with Gasteiger partial charge in [-0.1, -0.05) is 36.0 Å². The van der Waals surface area contributed by atoms with E-state index in [1.54, 1.807) is 4.68 Å². The van der Waals surface area contributed by atoms with Gasteiger partial charge in [-0.15, -0.1) is 10.2 Å². The summed E-state index contributed by atoms with van der Waals surface area (Å²) >= 11 is 1.40. The minimum Gasteiger partial charge on any atom is -0.349 e. The summed E-state index contributed by atoms with van der Waals surface area (Å²) in [5.74, 6) is 1.03. The molecule has 3 aromatic rings. The maximum absolute atomic E-state index is 12.4. The van der Waals surface area contributed by atoms with Crippen molar-refractivity contribution in [1.29, 1.82) is 0 Å². The summed E-state index contributed by atoms with van der Waals surface area (Å²) < 4.78 is 1.77. The van der Waals surface area contributed by atoms with Crippen molar-refractivity contribution in [3.8, 4) is 5.82 Å². The molecule has 1 N–H and O–H groups in total. The molecule has 0 unspecified atom stereocenters. The number of benzene rings is 1. The van der Waals surface area contributed by atoms with Gasteiger partial charge in [0, 0.05) is 5.69 Å². The van der Waals surface area contributed by atoms with Crippen molar-refractivity contribution >= 4 is 17.7 Å². The predicted molar refractivity (Wildman–Crippen MR) is 110 cm³/mol. The highest BCUT2D eigenvalue weighted by molar-refractivity contribution is 7.99. The van der Waals surface area contributed by atoms with Gasteiger partial charge < -0.3 is 5.32 Å². The van der Waals surface area contributed by atoms with Crippen molar-refractivity contribution in [1.82, 2.24) is 25.3 Å². The number of carbonyl (C=O) groups is 1. The number of rotatable bonds is 5. The largest absolute Gasteiger partial charge is 0.349 e. The van der Waals surface area contributed by atoms with Crippen LogP contribution < -0.4 is 5.32 Å². The van der Waals surface area contributed by atoms with E-state index >= 15 is 0 Å². The van der Waals surface area contributed by atoms with Gasteiger partial charge in [0.25, 0.3) is 0 Å². The number of thioether (sulfide) groups is 1. The number of nitrogens with one attached hydrogen (secondary N) is 1. The van der Waals surface area contributed by atoms with E-state index in [9.17, 15) is 4.79 Å². The van der Waals surface area contributed by atoms with Crippen LogP contribution in [0.3, 0.4) is 0 Å². The van der Waals surface area contributed by atoms with E-state index in [0.717, 1.165) is 35.7 Å². The van der Waals surface area contributed by atoms with Crippen molar-refractivity contribution in [3.05, 3.63) is 65.0 Å². The highest BCUT2D eigenvalue weighted by Gasteiger charge is 2.21. The van der Waals surface area contributed by atoms with Gasteiger partial charge in [0.1, 0.15) is 5.03 Å². The lowest BCUT2D eigenvalue weighted by Crippen LogP contribution is -2.32. The monoisotopic (exact) mass is 393 g/mol. The van der Waals surface area contributed by atoms with Gasteiger partial charge in [0.15, 0.2) is 5.82 Å². The summed E-state index contributed by atoms with van der Waals surface area (Å²) in [5.41, 5.74) is 4.55. The predicted octanol–water partition coefficient (Wildman–Crippen LogP) is 3.57. The van der Waals surface area contributed by atoms with E-state index in [-0.39, 0.29) is 11.9 Å². The van der Waals surface area contributed by atoms with Gasteiger partial charge >= 0.3 is 0 Å². The van der Waals surface area contributed by atoms with Crippen LogP contribution in [0.4, 0.5) is 0 Å². The molecule has 144 valence electrons. The molecule has 0 spiro atoms. The molecule has 0 aliphatic heterocycles. The fourth-order valence-electron chi connectivity index (χ4n) is 3.64. The first-order valence-corrected chi connectivity index (χ1v) is 10.5. The molecule has 1 aromatic carbocycles. The second-order valence-corrected chi connectivity index (χ2v) is 8.06. The lowest BCUT2D eigenvalue weighted by molar-refractivity contribution is -0.119. The molecule has 1 aliphatic carbocycles. The Morgan fingerprint density at radius 1 is 1.21 bits per heavy atom. The Kier molecular flexibility index (Phi) is 5.43. The third-order valence-electron chi connectivity index (χ3n) is 4.91. The third-order valence-corrected chi connectivity index (χ3v) is 5.83. The standard InChI is InChI=1S/C21H23N5OS/c1-14-12-15(2)26(25-14)19-10-11-21(24-23-19)28-13-20(27)22-18-9-5-7-16-6-3-4-8-17(16)18/h3-4,6,8,10-12,18H,5,7,9,13H2,1-2H3,(H,22,27)/t18-/m0/s1. The van der Waals surface area contributed by atoms with Crippen LogP contribution >= 0.6 is 11.8 Å². The molecule has 1 atom stereocenters. The van der Waals surface area contributed by atoms with Crippen molar-refractivity contribution in [3.63, 3.8) is 0 Å². The molecule has 7 heteroatoms. The minimum absolute atomic E-state index is 0.0242. The molecule has 0 saturated heterocycles. The van der Waals surface area contributed by atoms with Gasteiger partial charge in [-0.3, -0.25) is 4.79 Å². The Balaban J connectivity index is 1.35. The second kappa shape index (κ2) is 8.14. The highest BCUT2D eigenvalue weighted by Crippen LogP contribution is 2.29. The molecule has 28 heavy (non-hydrogen) atoms. The van der Waals surface area contributed by atoms with E-state index in [1.165, 1.54) is 22.9 Å². The van der Waals surface area contributed by atoms with Gasteiger partial charge in [-0.25, -0.2) is 4.68 Å². The van der Waals surface area contributed by atoms with Crippen molar-refractivity contribution in [2.45, 2.75) is 44.2 Å².